The third kappa shape index (κ3) is 4.30. The van der Waals surface area contributed by atoms with E-state index in [1.54, 1.807) is 0 Å². The topological polar surface area (TPSA) is 6.48 Å². The highest BCUT2D eigenvalue weighted by atomic mass is 35.5. The molecule has 1 heterocycles. The number of piperazine rings is 1. The van der Waals surface area contributed by atoms with E-state index in [4.69, 9.17) is 11.6 Å². The Bertz CT molecular complexity index is 432. The molecule has 21 heavy (non-hydrogen) atoms. The molecular formula is C17H27ClN2S. The van der Waals surface area contributed by atoms with E-state index in [0.717, 1.165) is 37.0 Å². The van der Waals surface area contributed by atoms with Crippen LogP contribution >= 0.6 is 24.2 Å². The van der Waals surface area contributed by atoms with E-state index in [9.17, 15) is 0 Å². The fourth-order valence-corrected chi connectivity index (χ4v) is 3.79. The second-order valence-electron chi connectivity index (χ2n) is 6.11. The molecule has 0 N–H and O–H groups in total. The maximum Gasteiger partial charge on any atom is 0.0426 e. The highest BCUT2D eigenvalue weighted by molar-refractivity contribution is 7.80. The first-order valence-electron chi connectivity index (χ1n) is 7.96. The molecule has 1 aliphatic heterocycles. The van der Waals surface area contributed by atoms with Crippen LogP contribution in [-0.4, -0.2) is 43.4 Å². The van der Waals surface area contributed by atoms with E-state index in [1.165, 1.54) is 25.1 Å². The number of benzene rings is 1. The second-order valence-corrected chi connectivity index (χ2v) is 6.86. The molecule has 118 valence electrons. The van der Waals surface area contributed by atoms with Crippen LogP contribution in [0.1, 0.15) is 26.7 Å². The van der Waals surface area contributed by atoms with E-state index in [2.05, 4.69) is 48.4 Å². The first-order chi connectivity index (χ1) is 10.1. The lowest BCUT2D eigenvalue weighted by Crippen LogP contribution is -2.50. The van der Waals surface area contributed by atoms with Crippen LogP contribution in [0.5, 0.6) is 0 Å². The van der Waals surface area contributed by atoms with E-state index in [-0.39, 0.29) is 0 Å². The van der Waals surface area contributed by atoms with Crippen LogP contribution in [0.4, 0.5) is 5.69 Å². The summed E-state index contributed by atoms with van der Waals surface area (Å²) in [5.74, 6) is 0.981. The van der Waals surface area contributed by atoms with Crippen molar-refractivity contribution in [3.05, 3.63) is 29.3 Å². The lowest BCUT2D eigenvalue weighted by Gasteiger charge is -2.41. The van der Waals surface area contributed by atoms with Crippen LogP contribution in [0.15, 0.2) is 24.3 Å². The van der Waals surface area contributed by atoms with Crippen molar-refractivity contribution in [1.29, 1.82) is 0 Å². The first kappa shape index (κ1) is 17.0. The van der Waals surface area contributed by atoms with Crippen molar-refractivity contribution in [2.45, 2.75) is 26.7 Å². The Kier molecular flexibility index (Phi) is 6.27. The average molecular weight is 327 g/mol. The van der Waals surface area contributed by atoms with Gasteiger partial charge in [0.05, 0.1) is 0 Å². The van der Waals surface area contributed by atoms with Gasteiger partial charge in [0.15, 0.2) is 0 Å². The fraction of sp³-hybridized carbons (Fsp3) is 0.647. The average Bonchev–Trinajstić information content (AvgIpc) is 2.53. The van der Waals surface area contributed by atoms with Gasteiger partial charge in [-0.1, -0.05) is 31.5 Å². The van der Waals surface area contributed by atoms with Crippen molar-refractivity contribution >= 4 is 29.9 Å². The van der Waals surface area contributed by atoms with Crippen LogP contribution in [0.2, 0.25) is 5.02 Å². The summed E-state index contributed by atoms with van der Waals surface area (Å²) >= 11 is 10.7. The highest BCUT2D eigenvalue weighted by Gasteiger charge is 2.29. The van der Waals surface area contributed by atoms with Crippen LogP contribution < -0.4 is 4.90 Å². The fourth-order valence-electron chi connectivity index (χ4n) is 3.06. The Morgan fingerprint density at radius 2 is 1.81 bits per heavy atom. The van der Waals surface area contributed by atoms with Crippen molar-refractivity contribution in [2.24, 2.45) is 5.41 Å². The summed E-state index contributed by atoms with van der Waals surface area (Å²) in [5, 5.41) is 0.820. The molecule has 1 fully saturated rings. The molecule has 4 heteroatoms. The van der Waals surface area contributed by atoms with Gasteiger partial charge in [0, 0.05) is 43.4 Å². The number of thiol groups is 1. The number of halogens is 1. The van der Waals surface area contributed by atoms with Crippen LogP contribution in [0.3, 0.4) is 0 Å². The summed E-state index contributed by atoms with van der Waals surface area (Å²) in [6.07, 6.45) is 2.42. The molecule has 0 spiro atoms. The van der Waals surface area contributed by atoms with Crippen LogP contribution in [-0.2, 0) is 0 Å². The molecule has 0 atom stereocenters. The van der Waals surface area contributed by atoms with Crippen molar-refractivity contribution in [1.82, 2.24) is 4.90 Å². The van der Waals surface area contributed by atoms with Gasteiger partial charge in [-0.2, -0.15) is 12.6 Å². The molecule has 1 aromatic rings. The minimum Gasteiger partial charge on any atom is -0.369 e. The third-order valence-corrected chi connectivity index (χ3v) is 5.85. The standard InChI is InChI=1S/C17H27ClN2S/c1-3-17(4-2,14-21)13-19-8-10-20(11-9-19)16-7-5-6-15(18)12-16/h5-7,12,21H,3-4,8-11,13-14H2,1-2H3. The molecule has 1 saturated heterocycles. The largest absolute Gasteiger partial charge is 0.369 e. The van der Waals surface area contributed by atoms with Gasteiger partial charge in [0.1, 0.15) is 0 Å². The number of hydrogen-bond acceptors (Lipinski definition) is 3. The van der Waals surface area contributed by atoms with Gasteiger partial charge in [-0.25, -0.2) is 0 Å². The zero-order chi connectivity index (χ0) is 15.3. The van der Waals surface area contributed by atoms with Gasteiger partial charge in [-0.3, -0.25) is 4.90 Å². The second kappa shape index (κ2) is 7.75. The van der Waals surface area contributed by atoms with E-state index in [1.807, 2.05) is 12.1 Å². The Balaban J connectivity index is 1.91. The first-order valence-corrected chi connectivity index (χ1v) is 8.97. The number of anilines is 1. The molecule has 1 aliphatic rings. The van der Waals surface area contributed by atoms with Crippen molar-refractivity contribution in [3.63, 3.8) is 0 Å². The monoisotopic (exact) mass is 326 g/mol. The van der Waals surface area contributed by atoms with Crippen LogP contribution in [0.25, 0.3) is 0 Å². The summed E-state index contributed by atoms with van der Waals surface area (Å²) in [7, 11) is 0. The Morgan fingerprint density at radius 1 is 1.14 bits per heavy atom. The summed E-state index contributed by atoms with van der Waals surface area (Å²) in [6, 6.07) is 8.18. The quantitative estimate of drug-likeness (QED) is 0.783. The molecule has 0 amide bonds. The zero-order valence-electron chi connectivity index (χ0n) is 13.2. The maximum absolute atomic E-state index is 6.09. The van der Waals surface area contributed by atoms with Crippen LogP contribution in [0, 0.1) is 5.41 Å². The Hall–Kier alpha value is -0.380. The van der Waals surface area contributed by atoms with Gasteiger partial charge >= 0.3 is 0 Å². The SMILES string of the molecule is CCC(CC)(CS)CN1CCN(c2cccc(Cl)c2)CC1. The van der Waals surface area contributed by atoms with Gasteiger partial charge in [0.25, 0.3) is 0 Å². The molecule has 0 unspecified atom stereocenters. The predicted octanol–water partition coefficient (Wildman–Crippen LogP) is 4.20. The maximum atomic E-state index is 6.09. The number of nitrogens with zero attached hydrogens (tertiary/aromatic N) is 2. The van der Waals surface area contributed by atoms with Gasteiger partial charge in [0.2, 0.25) is 0 Å². The number of rotatable bonds is 6. The van der Waals surface area contributed by atoms with Gasteiger partial charge in [-0.15, -0.1) is 0 Å². The molecule has 2 nitrogen and oxygen atoms in total. The van der Waals surface area contributed by atoms with E-state index in [0.29, 0.717) is 5.41 Å². The molecule has 0 bridgehead atoms. The zero-order valence-corrected chi connectivity index (χ0v) is 14.8. The molecular weight excluding hydrogens is 300 g/mol. The van der Waals surface area contributed by atoms with Crippen molar-refractivity contribution < 1.29 is 0 Å². The molecule has 2 rings (SSSR count). The minimum absolute atomic E-state index is 0.376. The minimum atomic E-state index is 0.376. The molecule has 0 saturated carbocycles. The van der Waals surface area contributed by atoms with Gasteiger partial charge < -0.3 is 4.90 Å². The summed E-state index contributed by atoms with van der Waals surface area (Å²) in [6.45, 7) is 10.2. The predicted molar refractivity (Wildman–Crippen MR) is 97.0 cm³/mol. The lowest BCUT2D eigenvalue weighted by molar-refractivity contribution is 0.151. The molecule has 1 aromatic carbocycles. The third-order valence-electron chi connectivity index (χ3n) is 4.94. The lowest BCUT2D eigenvalue weighted by atomic mass is 9.83. The summed E-state index contributed by atoms with van der Waals surface area (Å²) in [4.78, 5) is 5.03. The van der Waals surface area contributed by atoms with Crippen molar-refractivity contribution in [2.75, 3.05) is 43.4 Å². The highest BCUT2D eigenvalue weighted by Crippen LogP contribution is 2.30. The smallest absolute Gasteiger partial charge is 0.0426 e. The Labute approximate surface area is 139 Å². The summed E-state index contributed by atoms with van der Waals surface area (Å²) < 4.78 is 0. The molecule has 0 aliphatic carbocycles. The normalized spacial score (nSPS) is 17.2. The van der Waals surface area contributed by atoms with Gasteiger partial charge in [-0.05, 0) is 42.2 Å². The Morgan fingerprint density at radius 3 is 2.33 bits per heavy atom. The van der Waals surface area contributed by atoms with E-state index >= 15 is 0 Å². The molecule has 0 radical (unpaired) electrons. The summed E-state index contributed by atoms with van der Waals surface area (Å²) in [5.41, 5.74) is 1.62. The number of hydrogen-bond donors (Lipinski definition) is 1. The van der Waals surface area contributed by atoms with Crippen molar-refractivity contribution in [3.8, 4) is 0 Å². The van der Waals surface area contributed by atoms with E-state index < -0.39 is 0 Å². The molecule has 0 aromatic heterocycles.